The highest BCUT2D eigenvalue weighted by Gasteiger charge is 2.15. The second-order valence-corrected chi connectivity index (χ2v) is 7.16. The Hall–Kier alpha value is -4.98. The summed E-state index contributed by atoms with van der Waals surface area (Å²) in [7, 11) is 0. The smallest absolute Gasteiger partial charge is 0.255 e. The third kappa shape index (κ3) is 5.25. The molecular formula is C26H21N5O3. The number of nitrogens with zero attached hydrogens (tertiary/aromatic N) is 2. The van der Waals surface area contributed by atoms with Gasteiger partial charge in [0.05, 0.1) is 5.56 Å². The van der Waals surface area contributed by atoms with Crippen molar-refractivity contribution in [1.29, 1.82) is 0 Å². The summed E-state index contributed by atoms with van der Waals surface area (Å²) in [5.74, 6) is 0.342. The van der Waals surface area contributed by atoms with Crippen molar-refractivity contribution in [2.24, 2.45) is 0 Å². The van der Waals surface area contributed by atoms with Gasteiger partial charge in [0.15, 0.2) is 0 Å². The van der Waals surface area contributed by atoms with Crippen LogP contribution in [-0.2, 0) is 4.79 Å². The lowest BCUT2D eigenvalue weighted by molar-refractivity contribution is -0.111. The molecule has 8 heteroatoms. The second kappa shape index (κ2) is 10.1. The van der Waals surface area contributed by atoms with Gasteiger partial charge in [0.25, 0.3) is 5.91 Å². The third-order valence-corrected chi connectivity index (χ3v) is 4.81. The molecule has 8 nitrogen and oxygen atoms in total. The zero-order valence-electron chi connectivity index (χ0n) is 18.1. The molecule has 0 spiro atoms. The summed E-state index contributed by atoms with van der Waals surface area (Å²) in [4.78, 5) is 32.4. The van der Waals surface area contributed by atoms with Crippen molar-refractivity contribution in [2.45, 2.75) is 0 Å². The molecule has 3 aromatic carbocycles. The zero-order chi connectivity index (χ0) is 23.9. The normalized spacial score (nSPS) is 10.2. The van der Waals surface area contributed by atoms with E-state index in [9.17, 15) is 9.59 Å². The van der Waals surface area contributed by atoms with Crippen LogP contribution in [-0.4, -0.2) is 21.8 Å². The molecule has 0 aliphatic heterocycles. The van der Waals surface area contributed by atoms with Gasteiger partial charge in [-0.2, -0.15) is 0 Å². The van der Waals surface area contributed by atoms with Gasteiger partial charge < -0.3 is 21.1 Å². The molecule has 0 saturated carbocycles. The molecule has 168 valence electrons. The first-order valence-corrected chi connectivity index (χ1v) is 10.3. The first kappa shape index (κ1) is 22.2. The quantitative estimate of drug-likeness (QED) is 0.344. The lowest BCUT2D eigenvalue weighted by Crippen LogP contribution is -2.11. The lowest BCUT2D eigenvalue weighted by atomic mass is 10.0. The Bertz CT molecular complexity index is 1340. The Morgan fingerprint density at radius 1 is 0.882 bits per heavy atom. The van der Waals surface area contributed by atoms with E-state index in [0.29, 0.717) is 33.8 Å². The van der Waals surface area contributed by atoms with Crippen LogP contribution in [0.15, 0.2) is 97.8 Å². The van der Waals surface area contributed by atoms with E-state index >= 15 is 0 Å². The van der Waals surface area contributed by atoms with E-state index in [-0.39, 0.29) is 23.5 Å². The van der Waals surface area contributed by atoms with Gasteiger partial charge in [-0.3, -0.25) is 9.59 Å². The van der Waals surface area contributed by atoms with E-state index in [2.05, 4.69) is 27.2 Å². The minimum absolute atomic E-state index is 0.225. The summed E-state index contributed by atoms with van der Waals surface area (Å²) in [5.41, 5.74) is 9.04. The Morgan fingerprint density at radius 2 is 1.62 bits per heavy atom. The van der Waals surface area contributed by atoms with Crippen molar-refractivity contribution in [1.82, 2.24) is 9.97 Å². The van der Waals surface area contributed by atoms with Gasteiger partial charge >= 0.3 is 0 Å². The number of hydrogen-bond donors (Lipinski definition) is 3. The molecule has 4 rings (SSSR count). The van der Waals surface area contributed by atoms with Crippen LogP contribution >= 0.6 is 0 Å². The minimum Gasteiger partial charge on any atom is -0.438 e. The van der Waals surface area contributed by atoms with Gasteiger partial charge in [-0.15, -0.1) is 0 Å². The summed E-state index contributed by atoms with van der Waals surface area (Å²) >= 11 is 0. The van der Waals surface area contributed by atoms with Gasteiger partial charge in [-0.1, -0.05) is 43.0 Å². The average Bonchev–Trinajstić information content (AvgIpc) is 2.85. The van der Waals surface area contributed by atoms with Crippen LogP contribution < -0.4 is 21.1 Å². The van der Waals surface area contributed by atoms with Gasteiger partial charge in [-0.25, -0.2) is 9.97 Å². The molecule has 1 heterocycles. The number of hydrogen-bond acceptors (Lipinski definition) is 6. The summed E-state index contributed by atoms with van der Waals surface area (Å²) in [6.07, 6.45) is 2.49. The Balaban J connectivity index is 1.57. The molecule has 0 atom stereocenters. The second-order valence-electron chi connectivity index (χ2n) is 7.16. The topological polar surface area (TPSA) is 119 Å². The number of ether oxygens (including phenoxy) is 1. The average molecular weight is 451 g/mol. The van der Waals surface area contributed by atoms with Crippen LogP contribution in [0.25, 0.3) is 11.1 Å². The standard InChI is InChI=1S/C26H21N5O3/c1-2-22(32)30-20-9-6-10-21(15-20)34-26-23(24(27)28-16-29-26)17-11-13-18(14-12-17)25(33)31-19-7-4-3-5-8-19/h2-16H,1H2,(H,30,32)(H,31,33)(H2,27,28,29). The molecule has 2 amide bonds. The Morgan fingerprint density at radius 3 is 2.35 bits per heavy atom. The number of nitrogens with two attached hydrogens (primary N) is 1. The van der Waals surface area contributed by atoms with Crippen molar-refractivity contribution in [3.8, 4) is 22.8 Å². The Kier molecular flexibility index (Phi) is 6.60. The lowest BCUT2D eigenvalue weighted by Gasteiger charge is -2.13. The van der Waals surface area contributed by atoms with Crippen LogP contribution in [0.1, 0.15) is 10.4 Å². The number of amides is 2. The summed E-state index contributed by atoms with van der Waals surface area (Å²) in [6, 6.07) is 22.9. The predicted octanol–water partition coefficient (Wildman–Crippen LogP) is 4.89. The van der Waals surface area contributed by atoms with Crippen LogP contribution in [0.3, 0.4) is 0 Å². The van der Waals surface area contributed by atoms with Crippen LogP contribution in [0, 0.1) is 0 Å². The molecule has 0 saturated heterocycles. The van der Waals surface area contributed by atoms with Gasteiger partial charge in [0, 0.05) is 23.0 Å². The van der Waals surface area contributed by atoms with Gasteiger partial charge in [0.2, 0.25) is 11.8 Å². The van der Waals surface area contributed by atoms with Crippen molar-refractivity contribution in [3.63, 3.8) is 0 Å². The van der Waals surface area contributed by atoms with Crippen molar-refractivity contribution < 1.29 is 14.3 Å². The molecule has 34 heavy (non-hydrogen) atoms. The first-order chi connectivity index (χ1) is 16.5. The molecule has 0 fully saturated rings. The number of aromatic nitrogens is 2. The highest BCUT2D eigenvalue weighted by Crippen LogP contribution is 2.35. The maximum absolute atomic E-state index is 12.5. The zero-order valence-corrected chi connectivity index (χ0v) is 18.1. The molecule has 0 radical (unpaired) electrons. The molecule has 0 aliphatic rings. The molecule has 0 unspecified atom stereocenters. The molecule has 1 aromatic heterocycles. The maximum atomic E-state index is 12.5. The van der Waals surface area contributed by atoms with Gasteiger partial charge in [0.1, 0.15) is 17.9 Å². The predicted molar refractivity (Wildman–Crippen MR) is 132 cm³/mol. The third-order valence-electron chi connectivity index (χ3n) is 4.81. The number of anilines is 3. The van der Waals surface area contributed by atoms with E-state index in [4.69, 9.17) is 10.5 Å². The largest absolute Gasteiger partial charge is 0.438 e. The highest BCUT2D eigenvalue weighted by atomic mass is 16.5. The summed E-state index contributed by atoms with van der Waals surface area (Å²) < 4.78 is 5.97. The minimum atomic E-state index is -0.333. The number of para-hydroxylation sites is 1. The van der Waals surface area contributed by atoms with E-state index in [1.54, 1.807) is 48.5 Å². The van der Waals surface area contributed by atoms with Gasteiger partial charge in [-0.05, 0) is 48.0 Å². The van der Waals surface area contributed by atoms with Crippen molar-refractivity contribution in [3.05, 3.63) is 103 Å². The van der Waals surface area contributed by atoms with Crippen molar-refractivity contribution >= 4 is 29.0 Å². The fraction of sp³-hybridized carbons (Fsp3) is 0. The SMILES string of the molecule is C=CC(=O)Nc1cccc(Oc2ncnc(N)c2-c2ccc(C(=O)Nc3ccccc3)cc2)c1. The van der Waals surface area contributed by atoms with E-state index < -0.39 is 0 Å². The number of carbonyl (C=O) groups is 2. The van der Waals surface area contributed by atoms with Crippen LogP contribution in [0.2, 0.25) is 0 Å². The number of nitrogens with one attached hydrogen (secondary N) is 2. The molecular weight excluding hydrogens is 430 g/mol. The molecule has 0 aliphatic carbocycles. The van der Waals surface area contributed by atoms with E-state index in [1.165, 1.54) is 12.4 Å². The fourth-order valence-electron chi connectivity index (χ4n) is 3.19. The number of nitrogen functional groups attached to an aromatic ring is 1. The highest BCUT2D eigenvalue weighted by molar-refractivity contribution is 6.04. The van der Waals surface area contributed by atoms with Crippen molar-refractivity contribution in [2.75, 3.05) is 16.4 Å². The summed E-state index contributed by atoms with van der Waals surface area (Å²) in [5, 5.41) is 5.52. The molecule has 0 bridgehead atoms. The Labute approximate surface area is 196 Å². The number of rotatable bonds is 7. The number of carbonyl (C=O) groups excluding carboxylic acids is 2. The fourth-order valence-corrected chi connectivity index (χ4v) is 3.19. The van der Waals surface area contributed by atoms with Crippen LogP contribution in [0.4, 0.5) is 17.2 Å². The molecule has 4 N–H and O–H groups in total. The van der Waals surface area contributed by atoms with E-state index in [0.717, 1.165) is 0 Å². The number of benzene rings is 3. The maximum Gasteiger partial charge on any atom is 0.255 e. The van der Waals surface area contributed by atoms with E-state index in [1.807, 2.05) is 30.3 Å². The monoisotopic (exact) mass is 451 g/mol. The van der Waals surface area contributed by atoms with Crippen LogP contribution in [0.5, 0.6) is 11.6 Å². The first-order valence-electron chi connectivity index (χ1n) is 10.3. The summed E-state index contributed by atoms with van der Waals surface area (Å²) in [6.45, 7) is 3.44. The molecule has 4 aromatic rings.